The van der Waals surface area contributed by atoms with E-state index in [-0.39, 0.29) is 0 Å². The van der Waals surface area contributed by atoms with Gasteiger partial charge in [0.1, 0.15) is 5.82 Å². The molecule has 2 aromatic heterocycles. The number of nitrogens with two attached hydrogens (primary N) is 1. The van der Waals surface area contributed by atoms with E-state index >= 15 is 0 Å². The molecule has 2 N–H and O–H groups in total. The summed E-state index contributed by atoms with van der Waals surface area (Å²) in [5.41, 5.74) is 6.87. The van der Waals surface area contributed by atoms with Gasteiger partial charge in [-0.2, -0.15) is 0 Å². The first-order valence-corrected chi connectivity index (χ1v) is 6.82. The Morgan fingerprint density at radius 2 is 1.83 bits per heavy atom. The number of hydrogen-bond acceptors (Lipinski definition) is 6. The maximum absolute atomic E-state index is 5.71. The molecule has 0 spiro atoms. The Morgan fingerprint density at radius 1 is 1.06 bits per heavy atom. The van der Waals surface area contributed by atoms with Crippen LogP contribution < -0.4 is 15.5 Å². The monoisotopic (exact) mass is 261 g/mol. The van der Waals surface area contributed by atoms with Crippen molar-refractivity contribution in [2.75, 3.05) is 41.7 Å². The van der Waals surface area contributed by atoms with Crippen LogP contribution in [0.3, 0.4) is 0 Å². The number of thiazole rings is 1. The van der Waals surface area contributed by atoms with Gasteiger partial charge < -0.3 is 15.5 Å². The zero-order valence-corrected chi connectivity index (χ0v) is 10.8. The topological polar surface area (TPSA) is 58.3 Å². The Hall–Kier alpha value is -1.82. The lowest BCUT2D eigenvalue weighted by Gasteiger charge is -2.35. The lowest BCUT2D eigenvalue weighted by Crippen LogP contribution is -2.46. The van der Waals surface area contributed by atoms with E-state index in [1.807, 2.05) is 23.7 Å². The van der Waals surface area contributed by atoms with E-state index in [4.69, 9.17) is 5.73 Å². The van der Waals surface area contributed by atoms with Crippen molar-refractivity contribution in [3.8, 4) is 0 Å². The van der Waals surface area contributed by atoms with Crippen LogP contribution in [0, 0.1) is 0 Å². The molecule has 2 aromatic rings. The molecular formula is C12H15N5S. The Kier molecular flexibility index (Phi) is 3.02. The number of aromatic nitrogens is 2. The van der Waals surface area contributed by atoms with E-state index in [2.05, 4.69) is 19.8 Å². The van der Waals surface area contributed by atoms with Gasteiger partial charge in [0, 0.05) is 55.7 Å². The fourth-order valence-corrected chi connectivity index (χ4v) is 2.86. The van der Waals surface area contributed by atoms with Gasteiger partial charge in [-0.3, -0.25) is 0 Å². The molecule has 0 saturated carbocycles. The summed E-state index contributed by atoms with van der Waals surface area (Å²) in [6, 6.07) is 3.94. The molecule has 0 atom stereocenters. The highest BCUT2D eigenvalue weighted by Crippen LogP contribution is 2.22. The van der Waals surface area contributed by atoms with Crippen molar-refractivity contribution >= 4 is 28.0 Å². The molecule has 0 aromatic carbocycles. The minimum absolute atomic E-state index is 0.579. The first-order chi connectivity index (χ1) is 8.83. The summed E-state index contributed by atoms with van der Waals surface area (Å²) in [5.74, 6) is 0.579. The largest absolute Gasteiger partial charge is 0.384 e. The molecule has 0 unspecified atom stereocenters. The smallest absolute Gasteiger partial charge is 0.185 e. The highest BCUT2D eigenvalue weighted by molar-refractivity contribution is 7.13. The first-order valence-electron chi connectivity index (χ1n) is 5.94. The lowest BCUT2D eigenvalue weighted by atomic mass is 10.2. The normalized spacial score (nSPS) is 16.0. The molecule has 0 bridgehead atoms. The van der Waals surface area contributed by atoms with Crippen LogP contribution in [0.1, 0.15) is 0 Å². The van der Waals surface area contributed by atoms with Gasteiger partial charge in [0.15, 0.2) is 5.13 Å². The summed E-state index contributed by atoms with van der Waals surface area (Å²) >= 11 is 1.70. The molecule has 0 radical (unpaired) electrons. The van der Waals surface area contributed by atoms with Gasteiger partial charge in [-0.05, 0) is 6.07 Å². The van der Waals surface area contributed by atoms with Crippen LogP contribution >= 0.6 is 11.3 Å². The highest BCUT2D eigenvalue weighted by Gasteiger charge is 2.18. The Balaban J connectivity index is 1.67. The number of hydrogen-bond donors (Lipinski definition) is 1. The van der Waals surface area contributed by atoms with Crippen LogP contribution in [0.5, 0.6) is 0 Å². The van der Waals surface area contributed by atoms with Crippen molar-refractivity contribution in [1.82, 2.24) is 9.97 Å². The molecule has 1 aliphatic rings. The Bertz CT molecular complexity index is 505. The molecule has 1 saturated heterocycles. The Morgan fingerprint density at radius 3 is 2.50 bits per heavy atom. The minimum Gasteiger partial charge on any atom is -0.384 e. The third kappa shape index (κ3) is 2.24. The van der Waals surface area contributed by atoms with Crippen molar-refractivity contribution in [2.24, 2.45) is 0 Å². The second-order valence-corrected chi connectivity index (χ2v) is 5.10. The predicted octanol–water partition coefficient (Wildman–Crippen LogP) is 1.45. The van der Waals surface area contributed by atoms with Gasteiger partial charge in [-0.15, -0.1) is 11.3 Å². The molecule has 1 aliphatic heterocycles. The third-order valence-electron chi connectivity index (χ3n) is 3.10. The van der Waals surface area contributed by atoms with Crippen molar-refractivity contribution in [3.63, 3.8) is 0 Å². The summed E-state index contributed by atoms with van der Waals surface area (Å²) in [7, 11) is 0. The quantitative estimate of drug-likeness (QED) is 0.886. The molecule has 0 amide bonds. The number of rotatable bonds is 2. The number of piperazine rings is 1. The average molecular weight is 261 g/mol. The highest BCUT2D eigenvalue weighted by atomic mass is 32.1. The number of nitrogens with zero attached hydrogens (tertiary/aromatic N) is 4. The van der Waals surface area contributed by atoms with Crippen LogP contribution in [0.4, 0.5) is 16.6 Å². The maximum Gasteiger partial charge on any atom is 0.185 e. The van der Waals surface area contributed by atoms with Gasteiger partial charge in [0.25, 0.3) is 0 Å². The van der Waals surface area contributed by atoms with E-state index < -0.39 is 0 Å². The van der Waals surface area contributed by atoms with Crippen LogP contribution in [-0.2, 0) is 0 Å². The van der Waals surface area contributed by atoms with Gasteiger partial charge in [0.05, 0.1) is 0 Å². The fourth-order valence-electron chi connectivity index (χ4n) is 2.16. The molecule has 94 valence electrons. The molecular weight excluding hydrogens is 246 g/mol. The standard InChI is InChI=1S/C12H15N5S/c13-11-9-10(1-2-14-11)16-4-6-17(7-5-16)12-15-3-8-18-12/h1-3,8-9H,4-7H2,(H2,13,14). The van der Waals surface area contributed by atoms with Crippen molar-refractivity contribution in [2.45, 2.75) is 0 Å². The van der Waals surface area contributed by atoms with Gasteiger partial charge in [0.2, 0.25) is 0 Å². The number of pyridine rings is 1. The van der Waals surface area contributed by atoms with E-state index in [1.54, 1.807) is 17.5 Å². The van der Waals surface area contributed by atoms with Gasteiger partial charge in [-0.1, -0.05) is 0 Å². The summed E-state index contributed by atoms with van der Waals surface area (Å²) in [5, 5.41) is 3.13. The van der Waals surface area contributed by atoms with Crippen LogP contribution in [-0.4, -0.2) is 36.1 Å². The molecule has 3 rings (SSSR count). The predicted molar refractivity (Wildman–Crippen MR) is 75.2 cm³/mol. The summed E-state index contributed by atoms with van der Waals surface area (Å²) in [4.78, 5) is 13.0. The summed E-state index contributed by atoms with van der Waals surface area (Å²) < 4.78 is 0. The van der Waals surface area contributed by atoms with Crippen LogP contribution in [0.25, 0.3) is 0 Å². The molecule has 0 aliphatic carbocycles. The van der Waals surface area contributed by atoms with Crippen LogP contribution in [0.2, 0.25) is 0 Å². The fraction of sp³-hybridized carbons (Fsp3) is 0.333. The van der Waals surface area contributed by atoms with E-state index in [1.165, 1.54) is 0 Å². The van der Waals surface area contributed by atoms with E-state index in [0.717, 1.165) is 37.0 Å². The second-order valence-electron chi connectivity index (χ2n) is 4.23. The Labute approximate surface area is 110 Å². The number of anilines is 3. The molecule has 3 heterocycles. The zero-order chi connectivity index (χ0) is 12.4. The van der Waals surface area contributed by atoms with Crippen molar-refractivity contribution < 1.29 is 0 Å². The summed E-state index contributed by atoms with van der Waals surface area (Å²) in [6.07, 6.45) is 3.62. The van der Waals surface area contributed by atoms with Crippen molar-refractivity contribution in [3.05, 3.63) is 29.9 Å². The average Bonchev–Trinajstić information content (AvgIpc) is 2.93. The first kappa shape index (κ1) is 11.3. The van der Waals surface area contributed by atoms with Gasteiger partial charge in [-0.25, -0.2) is 9.97 Å². The summed E-state index contributed by atoms with van der Waals surface area (Å²) in [6.45, 7) is 3.97. The minimum atomic E-state index is 0.579. The molecule has 1 fully saturated rings. The van der Waals surface area contributed by atoms with E-state index in [9.17, 15) is 0 Å². The molecule has 5 nitrogen and oxygen atoms in total. The third-order valence-corrected chi connectivity index (χ3v) is 3.93. The van der Waals surface area contributed by atoms with E-state index in [0.29, 0.717) is 5.82 Å². The van der Waals surface area contributed by atoms with Crippen LogP contribution in [0.15, 0.2) is 29.9 Å². The SMILES string of the molecule is Nc1cc(N2CCN(c3nccs3)CC2)ccn1. The van der Waals surface area contributed by atoms with Gasteiger partial charge >= 0.3 is 0 Å². The zero-order valence-electron chi connectivity index (χ0n) is 9.99. The molecule has 6 heteroatoms. The lowest BCUT2D eigenvalue weighted by molar-refractivity contribution is 0.652. The van der Waals surface area contributed by atoms with Crippen molar-refractivity contribution in [1.29, 1.82) is 0 Å². The maximum atomic E-state index is 5.71. The number of nitrogen functional groups attached to an aromatic ring is 1. The second kappa shape index (κ2) is 4.81. The molecule has 18 heavy (non-hydrogen) atoms.